The fraction of sp³-hybridized carbons (Fsp3) is 0. The van der Waals surface area contributed by atoms with Crippen molar-refractivity contribution in [1.29, 1.82) is 0 Å². The predicted molar refractivity (Wildman–Crippen MR) is 78.8 cm³/mol. The van der Waals surface area contributed by atoms with E-state index in [1.54, 1.807) is 12.1 Å². The molecule has 0 atom stereocenters. The summed E-state index contributed by atoms with van der Waals surface area (Å²) in [5, 5.41) is 10.3. The molecule has 3 N–H and O–H groups in total. The van der Waals surface area contributed by atoms with Crippen molar-refractivity contribution in [2.45, 2.75) is 4.90 Å². The van der Waals surface area contributed by atoms with Gasteiger partial charge in [-0.25, -0.2) is 0 Å². The first-order valence-corrected chi connectivity index (χ1v) is 7.25. The molecule has 0 aliphatic carbocycles. The van der Waals surface area contributed by atoms with E-state index in [1.165, 1.54) is 36.4 Å². The van der Waals surface area contributed by atoms with Crippen LogP contribution in [0.4, 0.5) is 11.4 Å². The zero-order valence-corrected chi connectivity index (χ0v) is 12.1. The molecule has 0 amide bonds. The number of nitrogens with two attached hydrogens (primary N) is 1. The topological polar surface area (TPSA) is 124 Å². The molecule has 2 aromatic rings. The minimum Gasteiger partial charge on any atom is -0.399 e. The number of nitro benzene ring substituents is 1. The Hall–Kier alpha value is -2.16. The van der Waals surface area contributed by atoms with Crippen LogP contribution in [-0.2, 0) is 10.1 Å². The smallest absolute Gasteiger partial charge is 0.294 e. The van der Waals surface area contributed by atoms with E-state index in [-0.39, 0.29) is 15.6 Å². The summed E-state index contributed by atoms with van der Waals surface area (Å²) in [6.07, 6.45) is 0. The number of nitrogen functional groups attached to an aromatic ring is 1. The van der Waals surface area contributed by atoms with Gasteiger partial charge in [0.1, 0.15) is 5.02 Å². The van der Waals surface area contributed by atoms with Gasteiger partial charge in [0.25, 0.3) is 15.8 Å². The third-order valence-electron chi connectivity index (χ3n) is 2.23. The van der Waals surface area contributed by atoms with Crippen LogP contribution < -0.4 is 5.73 Å². The molecule has 0 aliphatic rings. The minimum atomic E-state index is -4.08. The third kappa shape index (κ3) is 5.38. The van der Waals surface area contributed by atoms with Gasteiger partial charge in [-0.3, -0.25) is 14.7 Å². The number of anilines is 1. The molecule has 0 fully saturated rings. The lowest BCUT2D eigenvalue weighted by molar-refractivity contribution is -0.384. The lowest BCUT2D eigenvalue weighted by Gasteiger charge is -1.95. The molecule has 7 nitrogen and oxygen atoms in total. The average molecular weight is 331 g/mol. The van der Waals surface area contributed by atoms with Crippen LogP contribution in [-0.4, -0.2) is 17.9 Å². The lowest BCUT2D eigenvalue weighted by atomic mass is 10.3. The molecule has 0 radical (unpaired) electrons. The molecule has 2 rings (SSSR count). The molecule has 0 saturated heterocycles. The van der Waals surface area contributed by atoms with Crippen molar-refractivity contribution in [3.05, 3.63) is 63.7 Å². The highest BCUT2D eigenvalue weighted by molar-refractivity contribution is 7.85. The molecule has 0 heterocycles. The Morgan fingerprint density at radius 1 is 1.10 bits per heavy atom. The fourth-order valence-corrected chi connectivity index (χ4v) is 1.92. The Morgan fingerprint density at radius 2 is 1.62 bits per heavy atom. The Labute approximate surface area is 125 Å². The first-order chi connectivity index (χ1) is 9.71. The number of benzene rings is 2. The quantitative estimate of drug-likeness (QED) is 0.377. The van der Waals surface area contributed by atoms with Crippen molar-refractivity contribution in [3.63, 3.8) is 0 Å². The van der Waals surface area contributed by atoms with Crippen molar-refractivity contribution in [3.8, 4) is 0 Å². The second-order valence-electron chi connectivity index (χ2n) is 3.75. The van der Waals surface area contributed by atoms with Crippen molar-refractivity contribution in [2.75, 3.05) is 5.73 Å². The van der Waals surface area contributed by atoms with Crippen LogP contribution in [0.25, 0.3) is 0 Å². The molecule has 0 unspecified atom stereocenters. The number of hydrogen-bond donors (Lipinski definition) is 2. The maximum Gasteiger partial charge on any atom is 0.294 e. The van der Waals surface area contributed by atoms with E-state index in [1.807, 2.05) is 0 Å². The highest BCUT2D eigenvalue weighted by Gasteiger charge is 2.08. The fourth-order valence-electron chi connectivity index (χ4n) is 1.24. The molecule has 0 spiro atoms. The second kappa shape index (κ2) is 7.02. The zero-order chi connectivity index (χ0) is 16.0. The molecule has 0 saturated carbocycles. The van der Waals surface area contributed by atoms with Crippen molar-refractivity contribution < 1.29 is 17.9 Å². The molecule has 2 aromatic carbocycles. The summed E-state index contributed by atoms with van der Waals surface area (Å²) in [5.74, 6) is 0. The molecular formula is C12H11ClN2O5S. The lowest BCUT2D eigenvalue weighted by Crippen LogP contribution is -1.97. The molecule has 0 bridgehead atoms. The molecule has 0 aromatic heterocycles. The van der Waals surface area contributed by atoms with Crippen LogP contribution in [0.3, 0.4) is 0 Å². The van der Waals surface area contributed by atoms with Crippen LogP contribution in [0.5, 0.6) is 0 Å². The van der Waals surface area contributed by atoms with E-state index in [4.69, 9.17) is 21.9 Å². The predicted octanol–water partition coefficient (Wildman–Crippen LogP) is 2.76. The number of nitro groups is 1. The Bertz CT molecular complexity index is 732. The van der Waals surface area contributed by atoms with Crippen LogP contribution in [0.15, 0.2) is 53.4 Å². The van der Waals surface area contributed by atoms with E-state index in [0.717, 1.165) is 0 Å². The summed E-state index contributed by atoms with van der Waals surface area (Å²) in [6, 6.07) is 11.4. The van der Waals surface area contributed by atoms with Gasteiger partial charge in [0.05, 0.1) is 9.82 Å². The number of rotatable bonds is 2. The Balaban J connectivity index is 0.000000211. The highest BCUT2D eigenvalue weighted by atomic mass is 35.5. The van der Waals surface area contributed by atoms with E-state index >= 15 is 0 Å². The summed E-state index contributed by atoms with van der Waals surface area (Å²) in [7, 11) is -4.08. The monoisotopic (exact) mass is 330 g/mol. The first kappa shape index (κ1) is 16.9. The van der Waals surface area contributed by atoms with E-state index in [9.17, 15) is 18.5 Å². The third-order valence-corrected chi connectivity index (χ3v) is 3.41. The minimum absolute atomic E-state index is 0.0517. The summed E-state index contributed by atoms with van der Waals surface area (Å²) in [6.45, 7) is 0. The van der Waals surface area contributed by atoms with Gasteiger partial charge in [0.15, 0.2) is 0 Å². The van der Waals surface area contributed by atoms with Gasteiger partial charge in [0.2, 0.25) is 0 Å². The van der Waals surface area contributed by atoms with Crippen molar-refractivity contribution in [1.82, 2.24) is 0 Å². The Kier molecular flexibility index (Phi) is 5.65. The molecular weight excluding hydrogens is 320 g/mol. The highest BCUT2D eigenvalue weighted by Crippen LogP contribution is 2.22. The first-order valence-electron chi connectivity index (χ1n) is 5.44. The van der Waals surface area contributed by atoms with Gasteiger partial charge in [-0.15, -0.1) is 0 Å². The van der Waals surface area contributed by atoms with Crippen LogP contribution >= 0.6 is 11.6 Å². The number of nitrogens with zero attached hydrogens (tertiary/aromatic N) is 1. The Morgan fingerprint density at radius 3 is 2.00 bits per heavy atom. The molecule has 21 heavy (non-hydrogen) atoms. The van der Waals surface area contributed by atoms with Crippen LogP contribution in [0, 0.1) is 10.1 Å². The van der Waals surface area contributed by atoms with Gasteiger partial charge in [-0.1, -0.05) is 23.7 Å². The van der Waals surface area contributed by atoms with E-state index in [0.29, 0.717) is 5.69 Å². The van der Waals surface area contributed by atoms with E-state index < -0.39 is 15.0 Å². The zero-order valence-electron chi connectivity index (χ0n) is 10.5. The number of hydrogen-bond acceptors (Lipinski definition) is 5. The number of halogens is 1. The average Bonchev–Trinajstić information content (AvgIpc) is 2.39. The molecule has 112 valence electrons. The maximum atomic E-state index is 10.5. The van der Waals surface area contributed by atoms with E-state index in [2.05, 4.69) is 0 Å². The van der Waals surface area contributed by atoms with Crippen LogP contribution in [0.1, 0.15) is 0 Å². The largest absolute Gasteiger partial charge is 0.399 e. The standard InChI is InChI=1S/C6H4ClNO2.C6H7NO3S/c7-5-3-1-2-4-6(5)8(9)10;7-5-1-3-6(4-2-5)11(8,9)10/h1-4H;1-4H,7H2,(H,8,9,10). The summed E-state index contributed by atoms with van der Waals surface area (Å²) >= 11 is 5.48. The van der Waals surface area contributed by atoms with Gasteiger partial charge in [-0.05, 0) is 30.3 Å². The van der Waals surface area contributed by atoms with Crippen molar-refractivity contribution >= 4 is 33.1 Å². The molecule has 9 heteroatoms. The molecule has 0 aliphatic heterocycles. The summed E-state index contributed by atoms with van der Waals surface area (Å²) in [4.78, 5) is 9.48. The number of para-hydroxylation sites is 1. The van der Waals surface area contributed by atoms with Gasteiger partial charge >= 0.3 is 0 Å². The summed E-state index contributed by atoms with van der Waals surface area (Å²) < 4.78 is 29.4. The maximum absolute atomic E-state index is 10.5. The second-order valence-corrected chi connectivity index (χ2v) is 5.58. The van der Waals surface area contributed by atoms with Crippen LogP contribution in [0.2, 0.25) is 5.02 Å². The normalized spacial score (nSPS) is 10.4. The van der Waals surface area contributed by atoms with Gasteiger partial charge < -0.3 is 5.73 Å². The van der Waals surface area contributed by atoms with Gasteiger partial charge in [0, 0.05) is 11.8 Å². The SMILES string of the molecule is Nc1ccc(S(=O)(=O)O)cc1.O=[N+]([O-])c1ccccc1Cl. The summed E-state index contributed by atoms with van der Waals surface area (Å²) in [5.41, 5.74) is 5.70. The van der Waals surface area contributed by atoms with Gasteiger partial charge in [-0.2, -0.15) is 8.42 Å². The van der Waals surface area contributed by atoms with Crippen molar-refractivity contribution in [2.24, 2.45) is 0 Å².